The minimum atomic E-state index is -1.12. The molecule has 216 valence electrons. The van der Waals surface area contributed by atoms with E-state index in [1.54, 1.807) is 28.9 Å². The molecule has 0 atom stereocenters. The minimum absolute atomic E-state index is 0.0617. The summed E-state index contributed by atoms with van der Waals surface area (Å²) in [5, 5.41) is 16.3. The molecule has 2 heterocycles. The SMILES string of the molecule is O=C(O)c1csc(-n2nc(-c3ccc(F)c(C#CCC4CCCC4)c3)c(Cc3ccc([SH+]O)c(F)c3)c2CC2CC2)n1. The molecule has 0 radical (unpaired) electrons. The molecule has 0 aliphatic heterocycles. The molecule has 2 saturated carbocycles. The molecule has 2 aromatic carbocycles. The van der Waals surface area contributed by atoms with Crippen molar-refractivity contribution in [3.8, 4) is 28.2 Å². The summed E-state index contributed by atoms with van der Waals surface area (Å²) in [6, 6.07) is 9.54. The molecular formula is C32H30F2N3O3S2+. The molecule has 0 bridgehead atoms. The molecule has 42 heavy (non-hydrogen) atoms. The quantitative estimate of drug-likeness (QED) is 0.121. The Morgan fingerprint density at radius 3 is 2.57 bits per heavy atom. The van der Waals surface area contributed by atoms with Crippen LogP contribution in [0.15, 0.2) is 46.7 Å². The Hall–Kier alpha value is -3.52. The first-order valence-corrected chi connectivity index (χ1v) is 15.8. The highest BCUT2D eigenvalue weighted by molar-refractivity contribution is 7.72. The summed E-state index contributed by atoms with van der Waals surface area (Å²) in [7, 11) is 0. The van der Waals surface area contributed by atoms with E-state index in [4.69, 9.17) is 5.10 Å². The predicted molar refractivity (Wildman–Crippen MR) is 160 cm³/mol. The van der Waals surface area contributed by atoms with Gasteiger partial charge in [-0.1, -0.05) is 30.7 Å². The molecule has 0 unspecified atom stereocenters. The number of rotatable bonds is 9. The van der Waals surface area contributed by atoms with Crippen molar-refractivity contribution >= 4 is 29.3 Å². The third-order valence-electron chi connectivity index (χ3n) is 7.99. The number of thiol groups is 1. The van der Waals surface area contributed by atoms with E-state index in [2.05, 4.69) is 16.8 Å². The molecular weight excluding hydrogens is 577 g/mol. The first kappa shape index (κ1) is 28.6. The zero-order chi connectivity index (χ0) is 29.2. The topological polar surface area (TPSA) is 88.2 Å². The van der Waals surface area contributed by atoms with E-state index >= 15 is 0 Å². The van der Waals surface area contributed by atoms with E-state index in [0.717, 1.165) is 30.5 Å². The van der Waals surface area contributed by atoms with Crippen LogP contribution in [0, 0.1) is 35.3 Å². The van der Waals surface area contributed by atoms with Gasteiger partial charge in [-0.25, -0.2) is 23.2 Å². The van der Waals surface area contributed by atoms with Gasteiger partial charge in [-0.15, -0.1) is 11.3 Å². The number of nitrogens with zero attached hydrogens (tertiary/aromatic N) is 3. The van der Waals surface area contributed by atoms with Gasteiger partial charge in [-0.2, -0.15) is 9.65 Å². The maximum atomic E-state index is 14.9. The summed E-state index contributed by atoms with van der Waals surface area (Å²) in [5.74, 6) is 5.24. The molecule has 2 aromatic heterocycles. The minimum Gasteiger partial charge on any atom is -0.476 e. The van der Waals surface area contributed by atoms with Crippen LogP contribution in [-0.4, -0.2) is 30.4 Å². The third kappa shape index (κ3) is 6.28. The van der Waals surface area contributed by atoms with Crippen molar-refractivity contribution in [2.24, 2.45) is 11.8 Å². The zero-order valence-corrected chi connectivity index (χ0v) is 24.5. The Morgan fingerprint density at radius 1 is 1.07 bits per heavy atom. The van der Waals surface area contributed by atoms with Crippen molar-refractivity contribution < 1.29 is 23.2 Å². The van der Waals surface area contributed by atoms with Crippen molar-refractivity contribution in [3.05, 3.63) is 81.5 Å². The lowest BCUT2D eigenvalue weighted by atomic mass is 9.96. The van der Waals surface area contributed by atoms with Gasteiger partial charge in [0.05, 0.1) is 17.0 Å². The summed E-state index contributed by atoms with van der Waals surface area (Å²) >= 11 is 1.05. The fourth-order valence-electron chi connectivity index (χ4n) is 5.55. The van der Waals surface area contributed by atoms with Crippen LogP contribution in [0.3, 0.4) is 0 Å². The molecule has 2 fully saturated rings. The maximum absolute atomic E-state index is 14.9. The summed E-state index contributed by atoms with van der Waals surface area (Å²) in [5.41, 5.74) is 3.93. The van der Waals surface area contributed by atoms with E-state index in [0.29, 0.717) is 52.2 Å². The molecule has 2 aliphatic rings. The lowest BCUT2D eigenvalue weighted by molar-refractivity contribution is 0.0691. The summed E-state index contributed by atoms with van der Waals surface area (Å²) in [4.78, 5) is 16.1. The standard InChI is InChI=1S/C32H29F2N3O3S2/c33-25-12-11-23(17-22(25)7-3-6-19-4-1-2-5-19)30-24(14-21-10-13-29(42-40)26(34)15-21)28(16-20-8-9-20)37(36-30)32-35-27(18-41-32)31(38)39/h10-13,15,17-20,40H,1-2,4-6,8-9,14,16H2,(H,38,39)/p+1. The van der Waals surface area contributed by atoms with Gasteiger partial charge in [0.25, 0.3) is 0 Å². The number of hydrogen-bond donors (Lipinski definition) is 2. The average Bonchev–Trinajstić information content (AvgIpc) is 3.32. The Morgan fingerprint density at radius 2 is 1.88 bits per heavy atom. The van der Waals surface area contributed by atoms with Gasteiger partial charge in [0.2, 0.25) is 10.0 Å². The lowest BCUT2D eigenvalue weighted by Gasteiger charge is -2.09. The molecule has 0 spiro atoms. The molecule has 0 amide bonds. The van der Waals surface area contributed by atoms with Crippen LogP contribution in [0.4, 0.5) is 8.78 Å². The molecule has 4 aromatic rings. The van der Waals surface area contributed by atoms with E-state index in [1.807, 2.05) is 0 Å². The number of halogens is 2. The first-order chi connectivity index (χ1) is 20.4. The Kier molecular flexibility index (Phi) is 8.43. The van der Waals surface area contributed by atoms with Gasteiger partial charge in [0, 0.05) is 29.3 Å². The molecule has 0 saturated heterocycles. The maximum Gasteiger partial charge on any atom is 0.355 e. The van der Waals surface area contributed by atoms with Gasteiger partial charge in [0.15, 0.2) is 23.6 Å². The monoisotopic (exact) mass is 606 g/mol. The van der Waals surface area contributed by atoms with Gasteiger partial charge < -0.3 is 5.11 Å². The Bertz CT molecular complexity index is 1690. The molecule has 6 nitrogen and oxygen atoms in total. The van der Waals surface area contributed by atoms with Gasteiger partial charge in [-0.05, 0) is 79.8 Å². The van der Waals surface area contributed by atoms with Crippen LogP contribution < -0.4 is 0 Å². The largest absolute Gasteiger partial charge is 0.476 e. The molecule has 2 aliphatic carbocycles. The second kappa shape index (κ2) is 12.4. The molecule has 2 N–H and O–H groups in total. The highest BCUT2D eigenvalue weighted by atomic mass is 32.2. The number of thiazole rings is 1. The van der Waals surface area contributed by atoms with Crippen molar-refractivity contribution in [2.45, 2.75) is 62.7 Å². The normalized spacial score (nSPS) is 15.1. The van der Waals surface area contributed by atoms with Crippen LogP contribution >= 0.6 is 11.3 Å². The Labute approximate surface area is 251 Å². The third-order valence-corrected chi connectivity index (χ3v) is 9.38. The van der Waals surface area contributed by atoms with Crippen LogP contribution in [-0.2, 0) is 24.9 Å². The number of carboxylic acids is 1. The van der Waals surface area contributed by atoms with Crippen molar-refractivity contribution in [2.75, 3.05) is 0 Å². The summed E-state index contributed by atoms with van der Waals surface area (Å²) in [6.45, 7) is 0. The van der Waals surface area contributed by atoms with Crippen molar-refractivity contribution in [1.82, 2.24) is 14.8 Å². The first-order valence-electron chi connectivity index (χ1n) is 14.1. The smallest absolute Gasteiger partial charge is 0.355 e. The van der Waals surface area contributed by atoms with E-state index < -0.39 is 17.6 Å². The molecule has 6 rings (SSSR count). The fourth-order valence-corrected chi connectivity index (χ4v) is 6.62. The van der Waals surface area contributed by atoms with E-state index in [1.165, 1.54) is 54.5 Å². The second-order valence-corrected chi connectivity index (χ2v) is 12.6. The van der Waals surface area contributed by atoms with Crippen molar-refractivity contribution in [1.29, 1.82) is 0 Å². The fraction of sp³-hybridized carbons (Fsp3) is 0.344. The number of aromatic nitrogens is 3. The number of aromatic carboxylic acids is 1. The van der Waals surface area contributed by atoms with Crippen LogP contribution in [0.1, 0.15) is 77.8 Å². The summed E-state index contributed by atoms with van der Waals surface area (Å²) < 4.78 is 40.7. The number of carbonyl (C=O) groups is 1. The molecule has 10 heteroatoms. The van der Waals surface area contributed by atoms with Crippen molar-refractivity contribution in [3.63, 3.8) is 0 Å². The highest BCUT2D eigenvalue weighted by Gasteiger charge is 2.29. The lowest BCUT2D eigenvalue weighted by Crippen LogP contribution is -2.06. The van der Waals surface area contributed by atoms with E-state index in [-0.39, 0.29) is 22.6 Å². The average molecular weight is 607 g/mol. The second-order valence-electron chi connectivity index (χ2n) is 11.1. The van der Waals surface area contributed by atoms with Crippen LogP contribution in [0.25, 0.3) is 16.4 Å². The summed E-state index contributed by atoms with van der Waals surface area (Å²) in [6.07, 6.45) is 8.74. The Balaban J connectivity index is 1.46. The van der Waals surface area contributed by atoms with Gasteiger partial charge >= 0.3 is 5.97 Å². The van der Waals surface area contributed by atoms with Crippen LogP contribution in [0.5, 0.6) is 0 Å². The number of benzene rings is 2. The van der Waals surface area contributed by atoms with E-state index in [9.17, 15) is 23.2 Å². The zero-order valence-electron chi connectivity index (χ0n) is 22.8. The number of hydrogen-bond acceptors (Lipinski definition) is 5. The van der Waals surface area contributed by atoms with Gasteiger partial charge in [0.1, 0.15) is 5.82 Å². The number of carboxylic acid groups (broad SMARTS) is 1. The highest BCUT2D eigenvalue weighted by Crippen LogP contribution is 2.38. The van der Waals surface area contributed by atoms with Gasteiger partial charge in [-0.3, -0.25) is 0 Å². The van der Waals surface area contributed by atoms with Crippen LogP contribution in [0.2, 0.25) is 0 Å². The predicted octanol–water partition coefficient (Wildman–Crippen LogP) is 7.09.